The summed E-state index contributed by atoms with van der Waals surface area (Å²) >= 11 is 5.73. The molecule has 7 heteroatoms. The molecule has 0 radical (unpaired) electrons. The first-order chi connectivity index (χ1) is 13.5. The van der Waals surface area contributed by atoms with E-state index in [2.05, 4.69) is 10.3 Å². The van der Waals surface area contributed by atoms with Crippen molar-refractivity contribution in [3.05, 3.63) is 89.0 Å². The van der Waals surface area contributed by atoms with Crippen LogP contribution in [0.15, 0.2) is 66.9 Å². The Bertz CT molecular complexity index is 1010. The molecule has 0 spiro atoms. The summed E-state index contributed by atoms with van der Waals surface area (Å²) in [5, 5.41) is 2.53. The van der Waals surface area contributed by atoms with Crippen molar-refractivity contribution in [2.45, 2.75) is 6.92 Å². The van der Waals surface area contributed by atoms with Crippen molar-refractivity contribution in [2.75, 3.05) is 16.8 Å². The molecule has 1 N–H and O–H groups in total. The van der Waals surface area contributed by atoms with Crippen LogP contribution in [0, 0.1) is 5.82 Å². The molecule has 0 saturated heterocycles. The lowest BCUT2D eigenvalue weighted by Crippen LogP contribution is -2.31. The third-order valence-corrected chi connectivity index (χ3v) is 4.34. The maximum absolute atomic E-state index is 13.3. The zero-order valence-electron chi connectivity index (χ0n) is 15.0. The van der Waals surface area contributed by atoms with Gasteiger partial charge in [0.05, 0.1) is 5.02 Å². The summed E-state index contributed by atoms with van der Waals surface area (Å²) in [5.41, 5.74) is 1.49. The highest BCUT2D eigenvalue weighted by molar-refractivity contribution is 6.31. The fourth-order valence-corrected chi connectivity index (χ4v) is 2.84. The second kappa shape index (κ2) is 8.63. The van der Waals surface area contributed by atoms with Crippen LogP contribution in [0.4, 0.5) is 15.8 Å². The van der Waals surface area contributed by atoms with E-state index < -0.39 is 11.7 Å². The molecule has 3 aromatic rings. The maximum Gasteiger partial charge on any atom is 0.276 e. The Morgan fingerprint density at radius 3 is 2.54 bits per heavy atom. The Balaban J connectivity index is 1.81. The minimum atomic E-state index is -0.572. The van der Waals surface area contributed by atoms with Gasteiger partial charge >= 0.3 is 0 Å². The van der Waals surface area contributed by atoms with Gasteiger partial charge in [-0.15, -0.1) is 0 Å². The van der Waals surface area contributed by atoms with E-state index in [1.165, 1.54) is 36.5 Å². The third-order valence-electron chi connectivity index (χ3n) is 4.05. The minimum absolute atomic E-state index is 0.0927. The third kappa shape index (κ3) is 4.35. The Morgan fingerprint density at radius 2 is 1.86 bits per heavy atom. The van der Waals surface area contributed by atoms with Crippen LogP contribution in [0.1, 0.15) is 27.8 Å². The Labute approximate surface area is 166 Å². The molecular weight excluding hydrogens is 381 g/mol. The number of anilines is 2. The predicted molar refractivity (Wildman–Crippen MR) is 107 cm³/mol. The van der Waals surface area contributed by atoms with Gasteiger partial charge in [0.2, 0.25) is 0 Å². The van der Waals surface area contributed by atoms with Crippen LogP contribution >= 0.6 is 11.6 Å². The van der Waals surface area contributed by atoms with E-state index >= 15 is 0 Å². The second-order valence-electron chi connectivity index (χ2n) is 5.90. The number of para-hydroxylation sites is 1. The molecule has 28 heavy (non-hydrogen) atoms. The van der Waals surface area contributed by atoms with Gasteiger partial charge in [-0.05, 0) is 49.4 Å². The molecule has 1 heterocycles. The zero-order chi connectivity index (χ0) is 20.1. The standard InChI is InChI=1S/C21H17ClFN3O2/c1-2-26(16-6-4-3-5-7-16)21(28)19-12-14(10-11-24-19)20(27)25-15-8-9-18(23)17(22)13-15/h3-13H,2H2,1H3,(H,25,27). The van der Waals surface area contributed by atoms with Crippen LogP contribution in [0.2, 0.25) is 5.02 Å². The number of amides is 2. The van der Waals surface area contributed by atoms with E-state index in [4.69, 9.17) is 11.6 Å². The van der Waals surface area contributed by atoms with Gasteiger partial charge in [0.1, 0.15) is 11.5 Å². The normalized spacial score (nSPS) is 10.4. The minimum Gasteiger partial charge on any atom is -0.322 e. The average molecular weight is 398 g/mol. The number of hydrogen-bond acceptors (Lipinski definition) is 3. The topological polar surface area (TPSA) is 62.3 Å². The SMILES string of the molecule is CCN(C(=O)c1cc(C(=O)Nc2ccc(F)c(Cl)c2)ccn1)c1ccccc1. The van der Waals surface area contributed by atoms with Gasteiger partial charge < -0.3 is 10.2 Å². The molecular formula is C21H17ClFN3O2. The Morgan fingerprint density at radius 1 is 1.11 bits per heavy atom. The summed E-state index contributed by atoms with van der Waals surface area (Å²) < 4.78 is 13.3. The van der Waals surface area contributed by atoms with E-state index in [9.17, 15) is 14.0 Å². The van der Waals surface area contributed by atoms with Crippen molar-refractivity contribution in [1.29, 1.82) is 0 Å². The average Bonchev–Trinajstić information content (AvgIpc) is 2.72. The van der Waals surface area contributed by atoms with Crippen LogP contribution in [-0.2, 0) is 0 Å². The van der Waals surface area contributed by atoms with Gasteiger partial charge in [0.25, 0.3) is 11.8 Å². The molecule has 0 bridgehead atoms. The van der Waals surface area contributed by atoms with Crippen molar-refractivity contribution >= 4 is 34.8 Å². The zero-order valence-corrected chi connectivity index (χ0v) is 15.8. The van der Waals surface area contributed by atoms with Gasteiger partial charge in [-0.2, -0.15) is 0 Å². The summed E-state index contributed by atoms with van der Waals surface area (Å²) in [6.45, 7) is 2.31. The summed E-state index contributed by atoms with van der Waals surface area (Å²) in [6.07, 6.45) is 1.40. The Kier molecular flexibility index (Phi) is 6.01. The van der Waals surface area contributed by atoms with E-state index in [1.54, 1.807) is 4.90 Å². The van der Waals surface area contributed by atoms with Crippen LogP contribution in [0.5, 0.6) is 0 Å². The number of carbonyl (C=O) groups is 2. The second-order valence-corrected chi connectivity index (χ2v) is 6.30. The first-order valence-corrected chi connectivity index (χ1v) is 8.96. The fourth-order valence-electron chi connectivity index (χ4n) is 2.66. The van der Waals surface area contributed by atoms with Crippen LogP contribution < -0.4 is 10.2 Å². The summed E-state index contributed by atoms with van der Waals surface area (Å²) in [4.78, 5) is 31.0. The molecule has 0 fully saturated rings. The lowest BCUT2D eigenvalue weighted by molar-refractivity contribution is 0.0983. The molecule has 142 valence electrons. The molecule has 0 aliphatic carbocycles. The largest absolute Gasteiger partial charge is 0.322 e. The van der Waals surface area contributed by atoms with E-state index in [0.29, 0.717) is 12.2 Å². The van der Waals surface area contributed by atoms with Gasteiger partial charge in [0, 0.05) is 29.7 Å². The van der Waals surface area contributed by atoms with Gasteiger partial charge in [-0.25, -0.2) is 4.39 Å². The summed E-state index contributed by atoms with van der Waals surface area (Å²) in [5.74, 6) is -1.34. The van der Waals surface area contributed by atoms with E-state index in [0.717, 1.165) is 5.69 Å². The highest BCUT2D eigenvalue weighted by Crippen LogP contribution is 2.20. The monoisotopic (exact) mass is 397 g/mol. The first kappa shape index (κ1) is 19.5. The fraction of sp³-hybridized carbons (Fsp3) is 0.0952. The van der Waals surface area contributed by atoms with Gasteiger partial charge in [-0.1, -0.05) is 29.8 Å². The van der Waals surface area contributed by atoms with Crippen molar-refractivity contribution in [3.8, 4) is 0 Å². The molecule has 1 aromatic heterocycles. The lowest BCUT2D eigenvalue weighted by atomic mass is 10.2. The molecule has 0 aliphatic heterocycles. The number of hydrogen-bond donors (Lipinski definition) is 1. The first-order valence-electron chi connectivity index (χ1n) is 8.59. The predicted octanol–water partition coefficient (Wildman–Crippen LogP) is 4.79. The number of benzene rings is 2. The van der Waals surface area contributed by atoms with Crippen molar-refractivity contribution in [1.82, 2.24) is 4.98 Å². The van der Waals surface area contributed by atoms with Crippen LogP contribution in [0.3, 0.4) is 0 Å². The quantitative estimate of drug-likeness (QED) is 0.673. The molecule has 2 amide bonds. The molecule has 0 unspecified atom stereocenters. The van der Waals surface area contributed by atoms with Crippen molar-refractivity contribution in [3.63, 3.8) is 0 Å². The number of nitrogens with zero attached hydrogens (tertiary/aromatic N) is 2. The highest BCUT2D eigenvalue weighted by atomic mass is 35.5. The molecule has 3 rings (SSSR count). The van der Waals surface area contributed by atoms with E-state index in [1.807, 2.05) is 37.3 Å². The van der Waals surface area contributed by atoms with Crippen LogP contribution in [0.25, 0.3) is 0 Å². The smallest absolute Gasteiger partial charge is 0.276 e. The number of aromatic nitrogens is 1. The van der Waals surface area contributed by atoms with Crippen molar-refractivity contribution < 1.29 is 14.0 Å². The molecule has 5 nitrogen and oxygen atoms in total. The molecule has 2 aromatic carbocycles. The molecule has 0 atom stereocenters. The summed E-state index contributed by atoms with van der Waals surface area (Å²) in [7, 11) is 0. The Hall–Kier alpha value is -3.25. The summed E-state index contributed by atoms with van der Waals surface area (Å²) in [6, 6.07) is 16.0. The lowest BCUT2D eigenvalue weighted by Gasteiger charge is -2.20. The number of halogens is 2. The van der Waals surface area contributed by atoms with Gasteiger partial charge in [0.15, 0.2) is 0 Å². The highest BCUT2D eigenvalue weighted by Gasteiger charge is 2.19. The maximum atomic E-state index is 13.3. The van der Waals surface area contributed by atoms with Crippen molar-refractivity contribution in [2.24, 2.45) is 0 Å². The number of pyridine rings is 1. The van der Waals surface area contributed by atoms with E-state index in [-0.39, 0.29) is 22.2 Å². The molecule has 0 saturated carbocycles. The van der Waals surface area contributed by atoms with Crippen LogP contribution in [-0.4, -0.2) is 23.3 Å². The molecule has 0 aliphatic rings. The number of nitrogens with one attached hydrogen (secondary N) is 1. The van der Waals surface area contributed by atoms with Gasteiger partial charge in [-0.3, -0.25) is 14.6 Å². The number of rotatable bonds is 5. The number of carbonyl (C=O) groups excluding carboxylic acids is 2.